The van der Waals surface area contributed by atoms with Crippen LogP contribution < -0.4 is 5.73 Å². The molecule has 1 aromatic carbocycles. The molecule has 0 saturated carbocycles. The fourth-order valence-electron chi connectivity index (χ4n) is 5.13. The molecule has 10 heteroatoms. The molecular weight excluding hydrogens is 498 g/mol. The molecular formula is C29H45N5O5. The molecule has 2 aromatic rings. The van der Waals surface area contributed by atoms with E-state index in [1.54, 1.807) is 12.0 Å². The van der Waals surface area contributed by atoms with Crippen molar-refractivity contribution >= 4 is 28.9 Å². The third-order valence-electron chi connectivity index (χ3n) is 6.77. The van der Waals surface area contributed by atoms with Gasteiger partial charge < -0.3 is 29.6 Å². The molecule has 0 aliphatic carbocycles. The number of nitrogens with zero attached hydrogens (tertiary/aromatic N) is 4. The molecule has 1 fully saturated rings. The van der Waals surface area contributed by atoms with Gasteiger partial charge >= 0.3 is 6.09 Å². The number of aryl methyl sites for hydroxylation is 1. The zero-order chi connectivity index (χ0) is 28.7. The van der Waals surface area contributed by atoms with E-state index in [1.807, 2.05) is 54.5 Å². The van der Waals surface area contributed by atoms with Crippen molar-refractivity contribution in [2.75, 3.05) is 39.9 Å². The lowest BCUT2D eigenvalue weighted by Crippen LogP contribution is -2.52. The van der Waals surface area contributed by atoms with E-state index in [1.165, 1.54) is 0 Å². The van der Waals surface area contributed by atoms with Crippen molar-refractivity contribution in [3.05, 3.63) is 30.1 Å². The number of piperidine rings is 1. The number of fused-ring (bicyclic) bond motifs is 1. The molecule has 2 atom stereocenters. The van der Waals surface area contributed by atoms with Crippen LogP contribution in [0.15, 0.2) is 24.3 Å². The highest BCUT2D eigenvalue weighted by Gasteiger charge is 2.37. The highest BCUT2D eigenvalue weighted by Crippen LogP contribution is 2.26. The van der Waals surface area contributed by atoms with E-state index < -0.39 is 23.5 Å². The Bertz CT molecular complexity index is 1140. The number of nitrogens with two attached hydrogens (primary N) is 1. The molecule has 3 amide bonds. The molecule has 0 bridgehead atoms. The molecule has 1 saturated heterocycles. The molecule has 39 heavy (non-hydrogen) atoms. The van der Waals surface area contributed by atoms with Crippen LogP contribution >= 0.6 is 0 Å². The van der Waals surface area contributed by atoms with Gasteiger partial charge in [0, 0.05) is 46.4 Å². The minimum Gasteiger partial charge on any atom is -0.444 e. The molecule has 1 aromatic heterocycles. The summed E-state index contributed by atoms with van der Waals surface area (Å²) in [5, 5.41) is 0. The second-order valence-electron chi connectivity index (χ2n) is 12.0. The van der Waals surface area contributed by atoms with Crippen LogP contribution in [0.3, 0.4) is 0 Å². The maximum absolute atomic E-state index is 14.1. The van der Waals surface area contributed by atoms with Crippen LogP contribution in [0.5, 0.6) is 0 Å². The van der Waals surface area contributed by atoms with Crippen molar-refractivity contribution in [3.63, 3.8) is 0 Å². The van der Waals surface area contributed by atoms with Crippen LogP contribution in [0.25, 0.3) is 11.0 Å². The van der Waals surface area contributed by atoms with Gasteiger partial charge in [-0.2, -0.15) is 0 Å². The number of aromatic nitrogens is 2. The van der Waals surface area contributed by atoms with E-state index in [-0.39, 0.29) is 24.3 Å². The van der Waals surface area contributed by atoms with Gasteiger partial charge in [0.05, 0.1) is 17.0 Å². The minimum absolute atomic E-state index is 0.133. The summed E-state index contributed by atoms with van der Waals surface area (Å²) >= 11 is 0. The van der Waals surface area contributed by atoms with Gasteiger partial charge in [0.2, 0.25) is 5.91 Å². The third kappa shape index (κ3) is 8.42. The number of imidazole rings is 1. The van der Waals surface area contributed by atoms with Gasteiger partial charge in [-0.1, -0.05) is 26.0 Å². The van der Waals surface area contributed by atoms with Crippen molar-refractivity contribution in [2.45, 2.75) is 66.0 Å². The maximum Gasteiger partial charge on any atom is 0.410 e. The van der Waals surface area contributed by atoms with Crippen LogP contribution in [0.2, 0.25) is 0 Å². The van der Waals surface area contributed by atoms with Crippen LogP contribution in [0.4, 0.5) is 4.79 Å². The molecule has 216 valence electrons. The van der Waals surface area contributed by atoms with E-state index in [4.69, 9.17) is 20.2 Å². The Hall–Kier alpha value is -3.14. The lowest BCUT2D eigenvalue weighted by atomic mass is 9.88. The van der Waals surface area contributed by atoms with Gasteiger partial charge in [0.1, 0.15) is 5.60 Å². The van der Waals surface area contributed by atoms with Crippen molar-refractivity contribution in [1.29, 1.82) is 0 Å². The molecule has 0 spiro atoms. The molecule has 0 radical (unpaired) electrons. The van der Waals surface area contributed by atoms with E-state index >= 15 is 0 Å². The summed E-state index contributed by atoms with van der Waals surface area (Å²) < 4.78 is 12.8. The zero-order valence-corrected chi connectivity index (χ0v) is 24.3. The SMILES string of the molecule is COCCCCn1c(C(=O)N(CC(C)C)CC2CC(C(N)=O)CN(C(=O)OC(C)(C)C)C2)nc2ccccc21. The van der Waals surface area contributed by atoms with E-state index in [0.29, 0.717) is 45.0 Å². The van der Waals surface area contributed by atoms with Crippen molar-refractivity contribution in [3.8, 4) is 0 Å². The predicted molar refractivity (Wildman–Crippen MR) is 150 cm³/mol. The Morgan fingerprint density at radius 1 is 1.15 bits per heavy atom. The monoisotopic (exact) mass is 543 g/mol. The van der Waals surface area contributed by atoms with Crippen molar-refractivity contribution < 1.29 is 23.9 Å². The van der Waals surface area contributed by atoms with Gasteiger partial charge in [-0.25, -0.2) is 9.78 Å². The topological polar surface area (TPSA) is 120 Å². The predicted octanol–water partition coefficient (Wildman–Crippen LogP) is 3.92. The number of ether oxygens (including phenoxy) is 2. The summed E-state index contributed by atoms with van der Waals surface area (Å²) in [4.78, 5) is 47.3. The Kier molecular flexibility index (Phi) is 10.4. The molecule has 3 rings (SSSR count). The average Bonchev–Trinajstić information content (AvgIpc) is 3.22. The number of benzene rings is 1. The van der Waals surface area contributed by atoms with E-state index in [0.717, 1.165) is 23.9 Å². The Morgan fingerprint density at radius 3 is 2.51 bits per heavy atom. The van der Waals surface area contributed by atoms with Gasteiger partial charge in [-0.05, 0) is 64.0 Å². The second kappa shape index (κ2) is 13.3. The van der Waals surface area contributed by atoms with Gasteiger partial charge in [0.15, 0.2) is 5.82 Å². The zero-order valence-electron chi connectivity index (χ0n) is 24.3. The normalized spacial score (nSPS) is 18.0. The standard InChI is InChI=1S/C29H45N5O5/c1-20(2)16-32(17-21-15-22(25(30)35)19-33(18-21)28(37)39-29(3,4)5)27(36)26-31-23-11-7-8-12-24(23)34(26)13-9-10-14-38-6/h7-8,11-12,20-22H,9-10,13-19H2,1-6H3,(H2,30,35). The summed E-state index contributed by atoms with van der Waals surface area (Å²) in [5.74, 6) is -0.625. The largest absolute Gasteiger partial charge is 0.444 e. The smallest absolute Gasteiger partial charge is 0.410 e. The van der Waals surface area contributed by atoms with Crippen LogP contribution in [-0.4, -0.2) is 82.8 Å². The maximum atomic E-state index is 14.1. The number of rotatable bonds is 11. The lowest BCUT2D eigenvalue weighted by molar-refractivity contribution is -0.124. The van der Waals surface area contributed by atoms with Crippen LogP contribution in [0, 0.1) is 17.8 Å². The summed E-state index contributed by atoms with van der Waals surface area (Å²) in [6.45, 7) is 12.4. The first kappa shape index (κ1) is 30.4. The van der Waals surface area contributed by atoms with E-state index in [9.17, 15) is 14.4 Å². The van der Waals surface area contributed by atoms with Crippen LogP contribution in [0.1, 0.15) is 64.5 Å². The summed E-state index contributed by atoms with van der Waals surface area (Å²) in [6.07, 6.45) is 1.76. The first-order valence-electron chi connectivity index (χ1n) is 13.9. The third-order valence-corrected chi connectivity index (χ3v) is 6.77. The Balaban J connectivity index is 1.87. The first-order chi connectivity index (χ1) is 18.4. The number of primary amides is 1. The summed E-state index contributed by atoms with van der Waals surface area (Å²) in [5.41, 5.74) is 6.73. The van der Waals surface area contributed by atoms with Crippen molar-refractivity contribution in [2.24, 2.45) is 23.5 Å². The lowest BCUT2D eigenvalue weighted by Gasteiger charge is -2.39. The Labute approximate surface area is 231 Å². The quantitative estimate of drug-likeness (QED) is 0.429. The molecule has 2 heterocycles. The minimum atomic E-state index is -0.659. The number of carbonyl (C=O) groups is 3. The molecule has 1 aliphatic heterocycles. The summed E-state index contributed by atoms with van der Waals surface area (Å²) in [6, 6.07) is 7.77. The number of unbranched alkanes of at least 4 members (excludes halogenated alkanes) is 1. The first-order valence-corrected chi connectivity index (χ1v) is 13.9. The van der Waals surface area contributed by atoms with Gasteiger partial charge in [-0.3, -0.25) is 9.59 Å². The fourth-order valence-corrected chi connectivity index (χ4v) is 5.13. The number of para-hydroxylation sites is 2. The number of carbonyl (C=O) groups excluding carboxylic acids is 3. The fraction of sp³-hybridized carbons (Fsp3) is 0.655. The number of hydrogen-bond acceptors (Lipinski definition) is 6. The number of amides is 3. The number of methoxy groups -OCH3 is 1. The number of hydrogen-bond donors (Lipinski definition) is 1. The molecule has 2 N–H and O–H groups in total. The molecule has 2 unspecified atom stereocenters. The Morgan fingerprint density at radius 2 is 1.87 bits per heavy atom. The highest BCUT2D eigenvalue weighted by atomic mass is 16.6. The van der Waals surface area contributed by atoms with Crippen LogP contribution in [-0.2, 0) is 20.8 Å². The van der Waals surface area contributed by atoms with Crippen molar-refractivity contribution in [1.82, 2.24) is 19.4 Å². The van der Waals surface area contributed by atoms with E-state index in [2.05, 4.69) is 13.8 Å². The summed E-state index contributed by atoms with van der Waals surface area (Å²) in [7, 11) is 1.68. The molecule has 1 aliphatic rings. The highest BCUT2D eigenvalue weighted by molar-refractivity contribution is 5.95. The average molecular weight is 544 g/mol. The number of likely N-dealkylation sites (tertiary alicyclic amines) is 1. The second-order valence-corrected chi connectivity index (χ2v) is 12.0. The molecule has 10 nitrogen and oxygen atoms in total. The van der Waals surface area contributed by atoms with Gasteiger partial charge in [0.25, 0.3) is 5.91 Å². The van der Waals surface area contributed by atoms with Gasteiger partial charge in [-0.15, -0.1) is 0 Å².